The average molecular weight is 358 g/mol. The molecule has 4 fully saturated rings. The number of hydrogen-bond acceptors (Lipinski definition) is 4. The Balaban J connectivity index is 1.24. The van der Waals surface area contributed by atoms with Crippen molar-refractivity contribution in [2.24, 2.45) is 17.3 Å². The van der Waals surface area contributed by atoms with E-state index in [0.29, 0.717) is 18.0 Å². The van der Waals surface area contributed by atoms with Crippen LogP contribution in [0.1, 0.15) is 38.5 Å². The molecule has 0 bridgehead atoms. The molecule has 0 spiro atoms. The number of imidazole rings is 1. The van der Waals surface area contributed by atoms with Gasteiger partial charge in [-0.05, 0) is 50.4 Å². The van der Waals surface area contributed by atoms with Crippen LogP contribution in [0.15, 0.2) is 18.7 Å². The Kier molecular flexibility index (Phi) is 4.28. The number of nitrogens with zero attached hydrogens (tertiary/aromatic N) is 3. The molecule has 3 heterocycles. The molecule has 142 valence electrons. The fourth-order valence-corrected chi connectivity index (χ4v) is 5.02. The summed E-state index contributed by atoms with van der Waals surface area (Å²) >= 11 is 0. The fraction of sp³-hybridized carbons (Fsp3) is 0.800. The Morgan fingerprint density at radius 1 is 1.19 bits per heavy atom. The predicted octanol–water partition coefficient (Wildman–Crippen LogP) is 1.67. The quantitative estimate of drug-likeness (QED) is 0.840. The molecule has 4 aliphatic rings. The zero-order valence-electron chi connectivity index (χ0n) is 15.5. The lowest BCUT2D eigenvalue weighted by molar-refractivity contribution is -0.127. The third kappa shape index (κ3) is 3.29. The molecule has 5 rings (SSSR count). The number of rotatable bonds is 6. The minimum Gasteiger partial charge on any atom is -0.381 e. The molecule has 1 N–H and O–H groups in total. The van der Waals surface area contributed by atoms with Gasteiger partial charge >= 0.3 is 0 Å². The van der Waals surface area contributed by atoms with E-state index in [1.807, 2.05) is 17.1 Å². The molecule has 1 aromatic heterocycles. The molecule has 2 atom stereocenters. The molecule has 1 aromatic rings. The minimum absolute atomic E-state index is 0.194. The first-order chi connectivity index (χ1) is 12.7. The zero-order chi connectivity index (χ0) is 17.6. The maximum absolute atomic E-state index is 13.1. The van der Waals surface area contributed by atoms with Gasteiger partial charge in [0, 0.05) is 57.3 Å². The number of carbonyl (C=O) groups is 1. The molecule has 2 aliphatic carbocycles. The third-order valence-electron chi connectivity index (χ3n) is 7.02. The second-order valence-electron chi connectivity index (χ2n) is 8.89. The van der Waals surface area contributed by atoms with Crippen molar-refractivity contribution in [3.8, 4) is 0 Å². The highest BCUT2D eigenvalue weighted by atomic mass is 16.5. The van der Waals surface area contributed by atoms with E-state index in [0.717, 1.165) is 64.4 Å². The maximum atomic E-state index is 13.1. The lowest BCUT2D eigenvalue weighted by Gasteiger charge is -2.31. The molecule has 26 heavy (non-hydrogen) atoms. The van der Waals surface area contributed by atoms with Gasteiger partial charge in [-0.1, -0.05) is 0 Å². The Morgan fingerprint density at radius 3 is 2.65 bits per heavy atom. The highest BCUT2D eigenvalue weighted by molar-refractivity contribution is 5.85. The molecule has 2 saturated carbocycles. The van der Waals surface area contributed by atoms with Crippen molar-refractivity contribution in [1.82, 2.24) is 19.8 Å². The Morgan fingerprint density at radius 2 is 2.00 bits per heavy atom. The summed E-state index contributed by atoms with van der Waals surface area (Å²) in [6.07, 6.45) is 12.6. The van der Waals surface area contributed by atoms with Gasteiger partial charge in [-0.2, -0.15) is 0 Å². The number of carbonyl (C=O) groups excluding carboxylic acids is 1. The first kappa shape index (κ1) is 16.8. The topological polar surface area (TPSA) is 59.4 Å². The Bertz CT molecular complexity index is 632. The summed E-state index contributed by atoms with van der Waals surface area (Å²) in [6, 6.07) is 0.978. The fourth-order valence-electron chi connectivity index (χ4n) is 5.02. The normalized spacial score (nSPS) is 31.8. The minimum atomic E-state index is -0.194. The molecule has 6 heteroatoms. The molecule has 2 saturated heterocycles. The molecular formula is C20H30N4O2. The number of likely N-dealkylation sites (tertiary alicyclic amines) is 1. The van der Waals surface area contributed by atoms with Gasteiger partial charge < -0.3 is 14.6 Å². The standard InChI is InChI=1S/C20H30N4O2/c25-19(20(5-6-20)13-23-8-7-21-14-23)22-18-12-24(11-17(18)15-1-2-15)16-3-9-26-10-4-16/h7-8,14-18H,1-6,9-13H2,(H,22,25)/t17-,18+/m1/s1. The maximum Gasteiger partial charge on any atom is 0.228 e. The van der Waals surface area contributed by atoms with Crippen LogP contribution in [0, 0.1) is 17.3 Å². The van der Waals surface area contributed by atoms with Crippen LogP contribution in [0.25, 0.3) is 0 Å². The number of ether oxygens (including phenoxy) is 1. The van der Waals surface area contributed by atoms with Gasteiger partial charge in [-0.25, -0.2) is 4.98 Å². The van der Waals surface area contributed by atoms with Crippen LogP contribution in [0.2, 0.25) is 0 Å². The van der Waals surface area contributed by atoms with Gasteiger partial charge in [-0.3, -0.25) is 9.69 Å². The van der Waals surface area contributed by atoms with E-state index < -0.39 is 0 Å². The Labute approximate surface area is 155 Å². The third-order valence-corrected chi connectivity index (χ3v) is 7.02. The predicted molar refractivity (Wildman–Crippen MR) is 97.5 cm³/mol. The van der Waals surface area contributed by atoms with Gasteiger partial charge in [0.15, 0.2) is 0 Å². The molecule has 2 aliphatic heterocycles. The summed E-state index contributed by atoms with van der Waals surface area (Å²) < 4.78 is 7.59. The van der Waals surface area contributed by atoms with Gasteiger partial charge in [0.2, 0.25) is 5.91 Å². The van der Waals surface area contributed by atoms with Crippen LogP contribution < -0.4 is 5.32 Å². The number of aromatic nitrogens is 2. The highest BCUT2D eigenvalue weighted by Crippen LogP contribution is 2.48. The zero-order valence-corrected chi connectivity index (χ0v) is 15.5. The summed E-state index contributed by atoms with van der Waals surface area (Å²) in [6.45, 7) is 4.73. The van der Waals surface area contributed by atoms with Crippen LogP contribution in [0.4, 0.5) is 0 Å². The van der Waals surface area contributed by atoms with Crippen molar-refractivity contribution in [1.29, 1.82) is 0 Å². The van der Waals surface area contributed by atoms with Crippen molar-refractivity contribution in [3.63, 3.8) is 0 Å². The molecule has 0 unspecified atom stereocenters. The smallest absolute Gasteiger partial charge is 0.228 e. The monoisotopic (exact) mass is 358 g/mol. The van der Waals surface area contributed by atoms with Crippen LogP contribution in [-0.2, 0) is 16.1 Å². The number of nitrogens with one attached hydrogen (secondary N) is 1. The van der Waals surface area contributed by atoms with E-state index in [2.05, 4.69) is 15.2 Å². The summed E-state index contributed by atoms with van der Waals surface area (Å²) in [5.74, 6) is 1.75. The average Bonchev–Trinajstić information content (AvgIpc) is 3.56. The van der Waals surface area contributed by atoms with Crippen LogP contribution >= 0.6 is 0 Å². The molecule has 1 amide bonds. The van der Waals surface area contributed by atoms with Gasteiger partial charge in [0.1, 0.15) is 0 Å². The number of amides is 1. The Hall–Kier alpha value is -1.40. The lowest BCUT2D eigenvalue weighted by atomic mass is 9.96. The van der Waals surface area contributed by atoms with Crippen molar-refractivity contribution < 1.29 is 9.53 Å². The van der Waals surface area contributed by atoms with Crippen molar-refractivity contribution in [2.75, 3.05) is 26.3 Å². The van der Waals surface area contributed by atoms with Crippen molar-refractivity contribution in [3.05, 3.63) is 18.7 Å². The van der Waals surface area contributed by atoms with E-state index in [1.54, 1.807) is 6.20 Å². The van der Waals surface area contributed by atoms with Crippen LogP contribution in [0.5, 0.6) is 0 Å². The van der Waals surface area contributed by atoms with Crippen LogP contribution in [0.3, 0.4) is 0 Å². The van der Waals surface area contributed by atoms with E-state index in [-0.39, 0.29) is 11.3 Å². The molecular weight excluding hydrogens is 328 g/mol. The van der Waals surface area contributed by atoms with Crippen LogP contribution in [-0.4, -0.2) is 58.7 Å². The van der Waals surface area contributed by atoms with Gasteiger partial charge in [-0.15, -0.1) is 0 Å². The lowest BCUT2D eigenvalue weighted by Crippen LogP contribution is -2.46. The van der Waals surface area contributed by atoms with E-state index in [1.165, 1.54) is 12.8 Å². The second-order valence-corrected chi connectivity index (χ2v) is 8.89. The van der Waals surface area contributed by atoms with E-state index in [9.17, 15) is 4.79 Å². The first-order valence-electron chi connectivity index (χ1n) is 10.3. The summed E-state index contributed by atoms with van der Waals surface area (Å²) in [5, 5.41) is 3.49. The largest absolute Gasteiger partial charge is 0.381 e. The van der Waals surface area contributed by atoms with E-state index in [4.69, 9.17) is 4.74 Å². The first-order valence-corrected chi connectivity index (χ1v) is 10.3. The SMILES string of the molecule is O=C(N[C@H]1CN(C2CCOCC2)C[C@@H]1C1CC1)C1(Cn2ccnc2)CC1. The van der Waals surface area contributed by atoms with Crippen molar-refractivity contribution >= 4 is 5.91 Å². The molecule has 0 radical (unpaired) electrons. The summed E-state index contributed by atoms with van der Waals surface area (Å²) in [5.41, 5.74) is -0.194. The second kappa shape index (κ2) is 6.64. The molecule has 0 aromatic carbocycles. The van der Waals surface area contributed by atoms with Gasteiger partial charge in [0.05, 0.1) is 11.7 Å². The highest BCUT2D eigenvalue weighted by Gasteiger charge is 2.52. The summed E-state index contributed by atoms with van der Waals surface area (Å²) in [4.78, 5) is 19.9. The van der Waals surface area contributed by atoms with E-state index >= 15 is 0 Å². The van der Waals surface area contributed by atoms with Gasteiger partial charge in [0.25, 0.3) is 0 Å². The number of hydrogen-bond donors (Lipinski definition) is 1. The molecule has 6 nitrogen and oxygen atoms in total. The summed E-state index contributed by atoms with van der Waals surface area (Å²) in [7, 11) is 0. The van der Waals surface area contributed by atoms with Crippen molar-refractivity contribution in [2.45, 2.75) is 57.2 Å².